The number of pyridine rings is 1. The lowest BCUT2D eigenvalue weighted by Crippen LogP contribution is -2.33. The Morgan fingerprint density at radius 1 is 1.21 bits per heavy atom. The van der Waals surface area contributed by atoms with Crippen molar-refractivity contribution in [2.45, 2.75) is 32.2 Å². The molecule has 1 saturated heterocycles. The molecule has 8 heteroatoms. The number of aromatic nitrogens is 3. The molecule has 172 valence electrons. The average molecular weight is 447 g/mol. The molecule has 8 nitrogen and oxygen atoms in total. The first kappa shape index (κ1) is 21.6. The van der Waals surface area contributed by atoms with Gasteiger partial charge in [0.05, 0.1) is 11.2 Å². The van der Waals surface area contributed by atoms with Gasteiger partial charge in [-0.05, 0) is 32.5 Å². The van der Waals surface area contributed by atoms with Crippen LogP contribution in [0.25, 0.3) is 10.9 Å². The van der Waals surface area contributed by atoms with E-state index in [-0.39, 0.29) is 18.4 Å². The fraction of sp³-hybridized carbons (Fsp3) is 0.440. The van der Waals surface area contributed by atoms with Crippen LogP contribution in [0.4, 0.5) is 5.82 Å². The van der Waals surface area contributed by atoms with Crippen molar-refractivity contribution >= 4 is 22.6 Å². The van der Waals surface area contributed by atoms with Gasteiger partial charge in [-0.1, -0.05) is 12.1 Å². The maximum absolute atomic E-state index is 12.9. The number of aryl methyl sites for hydroxylation is 1. The molecule has 1 amide bonds. The van der Waals surface area contributed by atoms with Crippen molar-refractivity contribution in [3.05, 3.63) is 53.1 Å². The normalized spacial score (nSPS) is 18.4. The van der Waals surface area contributed by atoms with E-state index in [1.165, 1.54) is 5.56 Å². The van der Waals surface area contributed by atoms with Gasteiger partial charge >= 0.3 is 0 Å². The maximum Gasteiger partial charge on any atom is 0.260 e. The van der Waals surface area contributed by atoms with Crippen molar-refractivity contribution in [1.82, 2.24) is 24.8 Å². The summed E-state index contributed by atoms with van der Waals surface area (Å²) in [4.78, 5) is 31.4. The van der Waals surface area contributed by atoms with Gasteiger partial charge in [-0.2, -0.15) is 0 Å². The molecule has 2 aromatic heterocycles. The van der Waals surface area contributed by atoms with Crippen molar-refractivity contribution in [2.24, 2.45) is 0 Å². The molecule has 1 aromatic carbocycles. The number of hydrogen-bond acceptors (Lipinski definition) is 7. The predicted octanol–water partition coefficient (Wildman–Crippen LogP) is 2.76. The number of likely N-dealkylation sites (tertiary alicyclic amines) is 1. The van der Waals surface area contributed by atoms with E-state index in [4.69, 9.17) is 14.7 Å². The highest BCUT2D eigenvalue weighted by atomic mass is 16.5. The zero-order valence-corrected chi connectivity index (χ0v) is 19.5. The molecule has 1 atom stereocenters. The molecule has 0 aliphatic carbocycles. The minimum Gasteiger partial charge on any atom is -0.483 e. The summed E-state index contributed by atoms with van der Waals surface area (Å²) in [5, 5.41) is 4.17. The highest BCUT2D eigenvalue weighted by molar-refractivity contribution is 5.86. The fourth-order valence-electron chi connectivity index (χ4n) is 4.77. The summed E-state index contributed by atoms with van der Waals surface area (Å²) >= 11 is 0. The SMILES string of the molecule is CNc1nc([C@@H]2CCN(C(=O)COc3cc(C)nc4ccccc34)C2)nc2c1CN(C)CC2. The number of anilines is 1. The lowest BCUT2D eigenvalue weighted by molar-refractivity contribution is -0.132. The third kappa shape index (κ3) is 4.35. The van der Waals surface area contributed by atoms with E-state index in [0.717, 1.165) is 59.9 Å². The number of hydrogen-bond donors (Lipinski definition) is 1. The van der Waals surface area contributed by atoms with E-state index in [1.54, 1.807) is 0 Å². The smallest absolute Gasteiger partial charge is 0.260 e. The van der Waals surface area contributed by atoms with Gasteiger partial charge in [-0.3, -0.25) is 9.78 Å². The van der Waals surface area contributed by atoms with Crippen molar-refractivity contribution in [1.29, 1.82) is 0 Å². The summed E-state index contributed by atoms with van der Waals surface area (Å²) in [5.74, 6) is 2.59. The first-order valence-corrected chi connectivity index (χ1v) is 11.5. The number of rotatable bonds is 5. The number of carbonyl (C=O) groups is 1. The highest BCUT2D eigenvalue weighted by Gasteiger charge is 2.31. The van der Waals surface area contributed by atoms with E-state index >= 15 is 0 Å². The van der Waals surface area contributed by atoms with Crippen LogP contribution in [-0.4, -0.2) is 71.0 Å². The molecule has 0 unspecified atom stereocenters. The van der Waals surface area contributed by atoms with Crippen LogP contribution in [0.1, 0.15) is 35.1 Å². The Labute approximate surface area is 194 Å². The number of ether oxygens (including phenoxy) is 1. The zero-order valence-electron chi connectivity index (χ0n) is 19.5. The van der Waals surface area contributed by atoms with Gasteiger partial charge in [0.1, 0.15) is 17.4 Å². The Balaban J connectivity index is 1.27. The van der Waals surface area contributed by atoms with Crippen molar-refractivity contribution < 1.29 is 9.53 Å². The van der Waals surface area contributed by atoms with Gasteiger partial charge in [0.25, 0.3) is 5.91 Å². The number of benzene rings is 1. The molecule has 4 heterocycles. The standard InChI is InChI=1S/C25H30N6O2/c1-16-12-22(18-6-4-5-7-20(18)27-16)33-15-23(32)31-11-8-17(13-31)24-28-21-9-10-30(3)14-19(21)25(26-2)29-24/h4-7,12,17H,8-11,13-15H2,1-3H3,(H,26,28,29)/t17-/m1/s1. The predicted molar refractivity (Wildman–Crippen MR) is 128 cm³/mol. The second-order valence-electron chi connectivity index (χ2n) is 8.99. The van der Waals surface area contributed by atoms with Crippen molar-refractivity contribution in [2.75, 3.05) is 45.7 Å². The summed E-state index contributed by atoms with van der Waals surface area (Å²) in [6, 6.07) is 9.72. The lowest BCUT2D eigenvalue weighted by Gasteiger charge is -2.26. The largest absolute Gasteiger partial charge is 0.483 e. The lowest BCUT2D eigenvalue weighted by atomic mass is 10.0. The van der Waals surface area contributed by atoms with Crippen LogP contribution in [0.5, 0.6) is 5.75 Å². The highest BCUT2D eigenvalue weighted by Crippen LogP contribution is 2.30. The van der Waals surface area contributed by atoms with Gasteiger partial charge in [0.2, 0.25) is 0 Å². The molecule has 0 spiro atoms. The summed E-state index contributed by atoms with van der Waals surface area (Å²) in [6.07, 6.45) is 1.80. The molecule has 1 N–H and O–H groups in total. The summed E-state index contributed by atoms with van der Waals surface area (Å²) in [5.41, 5.74) is 4.07. The van der Waals surface area contributed by atoms with Gasteiger partial charge in [-0.15, -0.1) is 0 Å². The second kappa shape index (κ2) is 8.94. The van der Waals surface area contributed by atoms with E-state index in [1.807, 2.05) is 49.2 Å². The number of para-hydroxylation sites is 1. The van der Waals surface area contributed by atoms with Crippen LogP contribution in [-0.2, 0) is 17.8 Å². The first-order chi connectivity index (χ1) is 16.0. The van der Waals surface area contributed by atoms with Gasteiger partial charge in [0, 0.05) is 68.3 Å². The molecular formula is C25H30N6O2. The summed E-state index contributed by atoms with van der Waals surface area (Å²) < 4.78 is 5.96. The Morgan fingerprint density at radius 2 is 2.06 bits per heavy atom. The zero-order chi connectivity index (χ0) is 22.9. The Morgan fingerprint density at radius 3 is 2.91 bits per heavy atom. The first-order valence-electron chi connectivity index (χ1n) is 11.5. The molecule has 2 aliphatic heterocycles. The topological polar surface area (TPSA) is 83.5 Å². The third-order valence-corrected chi connectivity index (χ3v) is 6.57. The average Bonchev–Trinajstić information content (AvgIpc) is 3.32. The Kier molecular flexibility index (Phi) is 5.85. The summed E-state index contributed by atoms with van der Waals surface area (Å²) in [7, 11) is 4.03. The maximum atomic E-state index is 12.9. The van der Waals surface area contributed by atoms with Crippen LogP contribution in [0, 0.1) is 6.92 Å². The van der Waals surface area contributed by atoms with Crippen molar-refractivity contribution in [3.63, 3.8) is 0 Å². The molecule has 2 aliphatic rings. The van der Waals surface area contributed by atoms with E-state index in [9.17, 15) is 4.79 Å². The number of fused-ring (bicyclic) bond motifs is 2. The van der Waals surface area contributed by atoms with E-state index in [0.29, 0.717) is 18.8 Å². The van der Waals surface area contributed by atoms with Crippen LogP contribution >= 0.6 is 0 Å². The molecule has 1 fully saturated rings. The minimum absolute atomic E-state index is 0.00975. The minimum atomic E-state index is -0.00975. The number of carbonyl (C=O) groups excluding carboxylic acids is 1. The molecule has 0 radical (unpaired) electrons. The Hall–Kier alpha value is -3.26. The van der Waals surface area contributed by atoms with Crippen LogP contribution in [0.3, 0.4) is 0 Å². The number of nitrogens with one attached hydrogen (secondary N) is 1. The number of nitrogens with zero attached hydrogens (tertiary/aromatic N) is 5. The number of likely N-dealkylation sites (N-methyl/N-ethyl adjacent to an activating group) is 1. The molecule has 0 saturated carbocycles. The fourth-order valence-corrected chi connectivity index (χ4v) is 4.77. The van der Waals surface area contributed by atoms with E-state index in [2.05, 4.69) is 22.2 Å². The molecule has 3 aromatic rings. The van der Waals surface area contributed by atoms with Crippen LogP contribution in [0.15, 0.2) is 30.3 Å². The quantitative estimate of drug-likeness (QED) is 0.645. The number of amides is 1. The van der Waals surface area contributed by atoms with Gasteiger partial charge < -0.3 is 19.9 Å². The second-order valence-corrected chi connectivity index (χ2v) is 8.99. The van der Waals surface area contributed by atoms with Crippen LogP contribution in [0.2, 0.25) is 0 Å². The summed E-state index contributed by atoms with van der Waals surface area (Å²) in [6.45, 7) is 5.13. The van der Waals surface area contributed by atoms with E-state index < -0.39 is 0 Å². The molecular weight excluding hydrogens is 416 g/mol. The molecule has 5 rings (SSSR count). The third-order valence-electron chi connectivity index (χ3n) is 6.57. The monoisotopic (exact) mass is 446 g/mol. The van der Waals surface area contributed by atoms with Crippen molar-refractivity contribution in [3.8, 4) is 5.75 Å². The van der Waals surface area contributed by atoms with Gasteiger partial charge in [0.15, 0.2) is 6.61 Å². The van der Waals surface area contributed by atoms with Crippen LogP contribution < -0.4 is 10.1 Å². The molecule has 33 heavy (non-hydrogen) atoms. The molecule has 0 bridgehead atoms. The van der Waals surface area contributed by atoms with Gasteiger partial charge in [-0.25, -0.2) is 9.97 Å². The Bertz CT molecular complexity index is 1180.